The van der Waals surface area contributed by atoms with Crippen LogP contribution in [0, 0.1) is 0 Å². The van der Waals surface area contributed by atoms with Crippen LogP contribution in [0.5, 0.6) is 5.75 Å². The highest BCUT2D eigenvalue weighted by atomic mass is 19.4. The van der Waals surface area contributed by atoms with Crippen molar-refractivity contribution >= 4 is 0 Å². The van der Waals surface area contributed by atoms with E-state index in [1.165, 1.54) is 13.0 Å². The van der Waals surface area contributed by atoms with Gasteiger partial charge in [0.25, 0.3) is 0 Å². The third-order valence-electron chi connectivity index (χ3n) is 2.25. The second-order valence-corrected chi connectivity index (χ2v) is 3.77. The Morgan fingerprint density at radius 2 is 2.00 bits per heavy atom. The Labute approximate surface area is 98.0 Å². The van der Waals surface area contributed by atoms with E-state index in [-0.39, 0.29) is 5.56 Å². The number of ether oxygens (including phenoxy) is 1. The number of hydrogen-bond acceptors (Lipinski definition) is 2. The molecule has 2 nitrogen and oxygen atoms in total. The Balaban J connectivity index is 3.08. The van der Waals surface area contributed by atoms with Crippen molar-refractivity contribution in [1.82, 2.24) is 0 Å². The minimum absolute atomic E-state index is 0.160. The number of halogens is 3. The predicted molar refractivity (Wildman–Crippen MR) is 57.9 cm³/mol. The van der Waals surface area contributed by atoms with Crippen LogP contribution in [0.4, 0.5) is 13.2 Å². The zero-order valence-electron chi connectivity index (χ0n) is 9.71. The Bertz CT molecular complexity index is 373. The molecule has 1 unspecified atom stereocenters. The quantitative estimate of drug-likeness (QED) is 0.883. The van der Waals surface area contributed by atoms with Crippen LogP contribution in [-0.4, -0.2) is 11.7 Å². The smallest absolute Gasteiger partial charge is 0.416 e. The van der Waals surface area contributed by atoms with Gasteiger partial charge in [-0.1, -0.05) is 6.92 Å². The van der Waals surface area contributed by atoms with E-state index in [0.717, 1.165) is 18.6 Å². The minimum Gasteiger partial charge on any atom is -0.493 e. The first kappa shape index (κ1) is 13.8. The molecule has 1 aromatic carbocycles. The molecule has 1 aromatic rings. The summed E-state index contributed by atoms with van der Waals surface area (Å²) in [7, 11) is 0. The van der Waals surface area contributed by atoms with Crippen molar-refractivity contribution in [1.29, 1.82) is 0 Å². The molecule has 5 heteroatoms. The fourth-order valence-electron chi connectivity index (χ4n) is 1.39. The summed E-state index contributed by atoms with van der Waals surface area (Å²) in [5.41, 5.74) is -0.620. The van der Waals surface area contributed by atoms with Crippen molar-refractivity contribution in [2.24, 2.45) is 0 Å². The van der Waals surface area contributed by atoms with Gasteiger partial charge in [-0.05, 0) is 31.5 Å². The summed E-state index contributed by atoms with van der Waals surface area (Å²) in [6.07, 6.45) is -4.66. The van der Waals surface area contributed by atoms with E-state index in [1.54, 1.807) is 0 Å². The molecule has 0 fully saturated rings. The lowest BCUT2D eigenvalue weighted by molar-refractivity contribution is -0.137. The van der Waals surface area contributed by atoms with Crippen LogP contribution in [0.2, 0.25) is 0 Å². The highest BCUT2D eigenvalue weighted by molar-refractivity contribution is 5.39. The lowest BCUT2D eigenvalue weighted by atomic mass is 10.1. The van der Waals surface area contributed by atoms with E-state index in [9.17, 15) is 18.3 Å². The van der Waals surface area contributed by atoms with Crippen LogP contribution in [-0.2, 0) is 6.18 Å². The van der Waals surface area contributed by atoms with Crippen molar-refractivity contribution in [2.75, 3.05) is 6.61 Å². The van der Waals surface area contributed by atoms with Crippen molar-refractivity contribution in [3.8, 4) is 5.75 Å². The fraction of sp³-hybridized carbons (Fsp3) is 0.500. The van der Waals surface area contributed by atoms with Crippen molar-refractivity contribution in [3.63, 3.8) is 0 Å². The molecule has 0 aliphatic rings. The number of aliphatic hydroxyl groups excluding tert-OH is 1. The first-order chi connectivity index (χ1) is 7.86. The number of alkyl halides is 3. The number of aliphatic hydroxyl groups is 1. The molecule has 96 valence electrons. The van der Waals surface area contributed by atoms with Gasteiger partial charge >= 0.3 is 6.18 Å². The molecule has 17 heavy (non-hydrogen) atoms. The maximum absolute atomic E-state index is 12.5. The summed E-state index contributed by atoms with van der Waals surface area (Å²) < 4.78 is 42.8. The molecule has 1 atom stereocenters. The first-order valence-electron chi connectivity index (χ1n) is 5.38. The Kier molecular flexibility index (Phi) is 4.40. The van der Waals surface area contributed by atoms with Gasteiger partial charge in [0, 0.05) is 5.56 Å². The standard InChI is InChI=1S/C12H15F3O2/c1-3-6-17-11-5-4-9(12(13,14)15)7-10(11)8(2)16/h4-5,7-8,16H,3,6H2,1-2H3. The average molecular weight is 248 g/mol. The summed E-state index contributed by atoms with van der Waals surface area (Å²) >= 11 is 0. The topological polar surface area (TPSA) is 29.5 Å². The molecule has 0 radical (unpaired) electrons. The molecule has 0 bridgehead atoms. The SMILES string of the molecule is CCCOc1ccc(C(F)(F)F)cc1C(C)O. The largest absolute Gasteiger partial charge is 0.493 e. The van der Waals surface area contributed by atoms with Gasteiger partial charge < -0.3 is 9.84 Å². The van der Waals surface area contributed by atoms with Gasteiger partial charge in [-0.2, -0.15) is 13.2 Å². The second-order valence-electron chi connectivity index (χ2n) is 3.77. The van der Waals surface area contributed by atoms with Crippen molar-refractivity contribution in [3.05, 3.63) is 29.3 Å². The number of benzene rings is 1. The van der Waals surface area contributed by atoms with Crippen molar-refractivity contribution in [2.45, 2.75) is 32.5 Å². The Morgan fingerprint density at radius 1 is 1.35 bits per heavy atom. The molecular weight excluding hydrogens is 233 g/mol. The third kappa shape index (κ3) is 3.63. The minimum atomic E-state index is -4.41. The monoisotopic (exact) mass is 248 g/mol. The maximum Gasteiger partial charge on any atom is 0.416 e. The highest BCUT2D eigenvalue weighted by Gasteiger charge is 2.31. The van der Waals surface area contributed by atoms with Crippen LogP contribution >= 0.6 is 0 Å². The fourth-order valence-corrected chi connectivity index (χ4v) is 1.39. The van der Waals surface area contributed by atoms with Gasteiger partial charge in [-0.15, -0.1) is 0 Å². The van der Waals surface area contributed by atoms with E-state index in [1.807, 2.05) is 6.92 Å². The molecule has 0 aromatic heterocycles. The van der Waals surface area contributed by atoms with Crippen LogP contribution < -0.4 is 4.74 Å². The van der Waals surface area contributed by atoms with Crippen LogP contribution in [0.15, 0.2) is 18.2 Å². The van der Waals surface area contributed by atoms with Crippen LogP contribution in [0.25, 0.3) is 0 Å². The predicted octanol–water partition coefficient (Wildman–Crippen LogP) is 3.55. The van der Waals surface area contributed by atoms with Crippen molar-refractivity contribution < 1.29 is 23.0 Å². The summed E-state index contributed by atoms with van der Waals surface area (Å²) in [5, 5.41) is 9.45. The van der Waals surface area contributed by atoms with E-state index in [0.29, 0.717) is 12.4 Å². The molecule has 1 rings (SSSR count). The second kappa shape index (κ2) is 5.40. The Hall–Kier alpha value is -1.23. The average Bonchev–Trinajstić information content (AvgIpc) is 2.24. The number of rotatable bonds is 4. The molecule has 0 spiro atoms. The van der Waals surface area contributed by atoms with Crippen LogP contribution in [0.1, 0.15) is 37.5 Å². The summed E-state index contributed by atoms with van der Waals surface area (Å²) in [6.45, 7) is 3.71. The van der Waals surface area contributed by atoms with Gasteiger partial charge in [-0.25, -0.2) is 0 Å². The molecule has 0 amide bonds. The first-order valence-corrected chi connectivity index (χ1v) is 5.38. The highest BCUT2D eigenvalue weighted by Crippen LogP contribution is 2.34. The third-order valence-corrected chi connectivity index (χ3v) is 2.25. The zero-order valence-corrected chi connectivity index (χ0v) is 9.71. The zero-order chi connectivity index (χ0) is 13.1. The number of hydrogen-bond donors (Lipinski definition) is 1. The van der Waals surface area contributed by atoms with E-state index in [2.05, 4.69) is 0 Å². The summed E-state index contributed by atoms with van der Waals surface area (Å²) in [5.74, 6) is 0.301. The molecule has 0 aliphatic heterocycles. The van der Waals surface area contributed by atoms with Gasteiger partial charge in [0.2, 0.25) is 0 Å². The van der Waals surface area contributed by atoms with Gasteiger partial charge in [0.15, 0.2) is 0 Å². The van der Waals surface area contributed by atoms with Gasteiger partial charge in [0.05, 0.1) is 18.3 Å². The van der Waals surface area contributed by atoms with Gasteiger partial charge in [-0.3, -0.25) is 0 Å². The van der Waals surface area contributed by atoms with E-state index >= 15 is 0 Å². The van der Waals surface area contributed by atoms with Gasteiger partial charge in [0.1, 0.15) is 5.75 Å². The maximum atomic E-state index is 12.5. The molecule has 0 heterocycles. The normalized spacial score (nSPS) is 13.5. The Morgan fingerprint density at radius 3 is 2.47 bits per heavy atom. The molecule has 1 N–H and O–H groups in total. The summed E-state index contributed by atoms with van der Waals surface area (Å²) in [4.78, 5) is 0. The van der Waals surface area contributed by atoms with E-state index in [4.69, 9.17) is 4.74 Å². The lowest BCUT2D eigenvalue weighted by Crippen LogP contribution is -2.08. The molecule has 0 saturated heterocycles. The molecular formula is C12H15F3O2. The lowest BCUT2D eigenvalue weighted by Gasteiger charge is -2.15. The molecule has 0 aliphatic carbocycles. The van der Waals surface area contributed by atoms with Crippen LogP contribution in [0.3, 0.4) is 0 Å². The summed E-state index contributed by atoms with van der Waals surface area (Å²) in [6, 6.07) is 3.13. The molecule has 0 saturated carbocycles. The van der Waals surface area contributed by atoms with E-state index < -0.39 is 17.8 Å².